The van der Waals surface area contributed by atoms with E-state index in [1.54, 1.807) is 24.3 Å². The van der Waals surface area contributed by atoms with Gasteiger partial charge in [0.25, 0.3) is 11.8 Å². The molecule has 1 heterocycles. The van der Waals surface area contributed by atoms with E-state index in [2.05, 4.69) is 0 Å². The summed E-state index contributed by atoms with van der Waals surface area (Å²) < 4.78 is 11.3. The Hall–Kier alpha value is -2.90. The van der Waals surface area contributed by atoms with Gasteiger partial charge in [-0.2, -0.15) is 0 Å². The lowest BCUT2D eigenvalue weighted by Gasteiger charge is -2.36. The van der Waals surface area contributed by atoms with Crippen LogP contribution in [0.4, 0.5) is 5.69 Å². The smallest absolute Gasteiger partial charge is 0.270 e. The topological polar surface area (TPSA) is 59.1 Å². The third kappa shape index (κ3) is 4.79. The maximum absolute atomic E-state index is 13.4. The molecule has 0 spiro atoms. The molecule has 32 heavy (non-hydrogen) atoms. The second kappa shape index (κ2) is 10.6. The predicted molar refractivity (Wildman–Crippen MR) is 130 cm³/mol. The first-order chi connectivity index (χ1) is 15.4. The summed E-state index contributed by atoms with van der Waals surface area (Å²) in [5.41, 5.74) is 1.15. The zero-order chi connectivity index (χ0) is 23.3. The quantitative estimate of drug-likeness (QED) is 0.304. The highest BCUT2D eigenvalue weighted by atomic mass is 35.5. The molecule has 0 atom stereocenters. The van der Waals surface area contributed by atoms with E-state index < -0.39 is 11.8 Å². The molecule has 0 aromatic heterocycles. The molecule has 0 saturated carbocycles. The highest BCUT2D eigenvalue weighted by Crippen LogP contribution is 2.38. The summed E-state index contributed by atoms with van der Waals surface area (Å²) in [5, 5.41) is 0.506. The van der Waals surface area contributed by atoms with Gasteiger partial charge in [0, 0.05) is 6.54 Å². The number of nitrogens with zero attached hydrogens (tertiary/aromatic N) is 2. The van der Waals surface area contributed by atoms with Gasteiger partial charge in [0.2, 0.25) is 0 Å². The van der Waals surface area contributed by atoms with E-state index in [1.807, 2.05) is 39.0 Å². The molecule has 1 aliphatic heterocycles. The highest BCUT2D eigenvalue weighted by Gasteiger charge is 2.39. The number of ether oxygens (including phenoxy) is 2. The number of thiocarbonyl (C=S) groups is 1. The van der Waals surface area contributed by atoms with Crippen molar-refractivity contribution in [1.29, 1.82) is 0 Å². The maximum atomic E-state index is 13.4. The fourth-order valence-electron chi connectivity index (χ4n) is 3.39. The molecule has 168 valence electrons. The minimum atomic E-state index is -0.485. The fourth-order valence-corrected chi connectivity index (χ4v) is 4.02. The maximum Gasteiger partial charge on any atom is 0.270 e. The Morgan fingerprint density at radius 3 is 2.31 bits per heavy atom. The minimum Gasteiger partial charge on any atom is -0.490 e. The summed E-state index contributed by atoms with van der Waals surface area (Å²) in [4.78, 5) is 29.5. The third-order valence-electron chi connectivity index (χ3n) is 4.72. The Labute approximate surface area is 198 Å². The van der Waals surface area contributed by atoms with Crippen molar-refractivity contribution in [2.75, 3.05) is 24.7 Å². The zero-order valence-electron chi connectivity index (χ0n) is 18.3. The van der Waals surface area contributed by atoms with Crippen LogP contribution in [-0.2, 0) is 9.59 Å². The Morgan fingerprint density at radius 1 is 1.00 bits per heavy atom. The lowest BCUT2D eigenvalue weighted by atomic mass is 10.0. The number of halogens is 1. The van der Waals surface area contributed by atoms with Crippen LogP contribution in [0.2, 0.25) is 5.02 Å². The van der Waals surface area contributed by atoms with Crippen molar-refractivity contribution in [3.8, 4) is 11.5 Å². The fraction of sp³-hybridized carbons (Fsp3) is 0.292. The molecule has 1 aliphatic rings. The van der Waals surface area contributed by atoms with Gasteiger partial charge in [0.05, 0.1) is 23.9 Å². The standard InChI is InChI=1S/C24H25ClN2O4S/c1-4-12-26-22(28)18(23(29)27(24(26)32)17-10-8-7-9-11-17)13-16-14-19(25)21(31-6-3)20(15-16)30-5-2/h7-11,13-15H,4-6,12H2,1-3H3/b18-13+. The molecule has 2 aromatic carbocycles. The van der Waals surface area contributed by atoms with Crippen LogP contribution in [0.25, 0.3) is 6.08 Å². The molecule has 2 aromatic rings. The van der Waals surface area contributed by atoms with E-state index >= 15 is 0 Å². The zero-order valence-corrected chi connectivity index (χ0v) is 19.8. The normalized spacial score (nSPS) is 15.5. The number of para-hydroxylation sites is 1. The molecule has 6 nitrogen and oxygen atoms in total. The van der Waals surface area contributed by atoms with Crippen LogP contribution >= 0.6 is 23.8 Å². The first kappa shape index (κ1) is 23.8. The number of carbonyl (C=O) groups is 2. The summed E-state index contributed by atoms with van der Waals surface area (Å²) in [6.07, 6.45) is 2.22. The minimum absolute atomic E-state index is 0.00132. The Balaban J connectivity index is 2.11. The second-order valence-corrected chi connectivity index (χ2v) is 7.74. The average Bonchev–Trinajstić information content (AvgIpc) is 2.77. The molecule has 1 saturated heterocycles. The van der Waals surface area contributed by atoms with Crippen LogP contribution in [0.1, 0.15) is 32.8 Å². The van der Waals surface area contributed by atoms with Gasteiger partial charge >= 0.3 is 0 Å². The van der Waals surface area contributed by atoms with Crippen LogP contribution < -0.4 is 14.4 Å². The molecule has 0 radical (unpaired) electrons. The van der Waals surface area contributed by atoms with Crippen molar-refractivity contribution in [1.82, 2.24) is 4.90 Å². The molecule has 0 aliphatic carbocycles. The average molecular weight is 473 g/mol. The van der Waals surface area contributed by atoms with Crippen LogP contribution in [0.5, 0.6) is 11.5 Å². The van der Waals surface area contributed by atoms with Crippen LogP contribution in [-0.4, -0.2) is 41.6 Å². The lowest BCUT2D eigenvalue weighted by Crippen LogP contribution is -2.56. The molecule has 2 amide bonds. The molecular formula is C24H25ClN2O4S. The Bertz CT molecular complexity index is 1060. The van der Waals surface area contributed by atoms with Gasteiger partial charge in [-0.05, 0) is 68.4 Å². The number of hydrogen-bond acceptors (Lipinski definition) is 5. The van der Waals surface area contributed by atoms with E-state index in [4.69, 9.17) is 33.3 Å². The first-order valence-electron chi connectivity index (χ1n) is 10.5. The summed E-state index contributed by atoms with van der Waals surface area (Å²) >= 11 is 11.9. The molecule has 0 unspecified atom stereocenters. The SMILES string of the molecule is CCCN1C(=O)/C(=C\c2cc(Cl)c(OCC)c(OCC)c2)C(=O)N(c2ccccc2)C1=S. The molecule has 1 fully saturated rings. The Morgan fingerprint density at radius 2 is 1.69 bits per heavy atom. The summed E-state index contributed by atoms with van der Waals surface area (Å²) in [7, 11) is 0. The molecule has 0 bridgehead atoms. The Kier molecular flexibility index (Phi) is 7.88. The lowest BCUT2D eigenvalue weighted by molar-refractivity contribution is -0.127. The molecule has 8 heteroatoms. The summed E-state index contributed by atoms with van der Waals surface area (Å²) in [6.45, 7) is 6.89. The first-order valence-corrected chi connectivity index (χ1v) is 11.3. The van der Waals surface area contributed by atoms with E-state index in [1.165, 1.54) is 15.9 Å². The number of amides is 2. The number of anilines is 1. The van der Waals surface area contributed by atoms with Crippen molar-refractivity contribution >= 4 is 52.5 Å². The monoisotopic (exact) mass is 472 g/mol. The van der Waals surface area contributed by atoms with Crippen LogP contribution in [0.15, 0.2) is 48.0 Å². The van der Waals surface area contributed by atoms with Crippen molar-refractivity contribution in [3.63, 3.8) is 0 Å². The largest absolute Gasteiger partial charge is 0.490 e. The van der Waals surface area contributed by atoms with Crippen LogP contribution in [0.3, 0.4) is 0 Å². The highest BCUT2D eigenvalue weighted by molar-refractivity contribution is 7.80. The van der Waals surface area contributed by atoms with Gasteiger partial charge in [0.15, 0.2) is 16.6 Å². The van der Waals surface area contributed by atoms with Gasteiger partial charge < -0.3 is 9.47 Å². The van der Waals surface area contributed by atoms with Crippen molar-refractivity contribution in [2.24, 2.45) is 0 Å². The van der Waals surface area contributed by atoms with E-state index in [-0.39, 0.29) is 10.7 Å². The van der Waals surface area contributed by atoms with E-state index in [0.29, 0.717) is 54.0 Å². The predicted octanol–water partition coefficient (Wildman–Crippen LogP) is 5.09. The van der Waals surface area contributed by atoms with Crippen LogP contribution in [0, 0.1) is 0 Å². The number of benzene rings is 2. The van der Waals surface area contributed by atoms with Gasteiger partial charge in [-0.15, -0.1) is 0 Å². The second-order valence-electron chi connectivity index (χ2n) is 6.97. The van der Waals surface area contributed by atoms with Gasteiger partial charge in [-0.3, -0.25) is 19.4 Å². The van der Waals surface area contributed by atoms with Crippen molar-refractivity contribution < 1.29 is 19.1 Å². The molecule has 3 rings (SSSR count). The van der Waals surface area contributed by atoms with E-state index in [0.717, 1.165) is 0 Å². The number of carbonyl (C=O) groups excluding carboxylic acids is 2. The number of hydrogen-bond donors (Lipinski definition) is 0. The van der Waals surface area contributed by atoms with Gasteiger partial charge in [-0.1, -0.05) is 36.7 Å². The van der Waals surface area contributed by atoms with Gasteiger partial charge in [0.1, 0.15) is 5.57 Å². The molecule has 0 N–H and O–H groups in total. The van der Waals surface area contributed by atoms with Gasteiger partial charge in [-0.25, -0.2) is 0 Å². The summed E-state index contributed by atoms with van der Waals surface area (Å²) in [6, 6.07) is 12.4. The third-order valence-corrected chi connectivity index (χ3v) is 5.41. The van der Waals surface area contributed by atoms with Crippen molar-refractivity contribution in [2.45, 2.75) is 27.2 Å². The summed E-state index contributed by atoms with van der Waals surface area (Å²) in [5.74, 6) is -0.0389. The van der Waals surface area contributed by atoms with E-state index in [9.17, 15) is 9.59 Å². The molecular weight excluding hydrogens is 448 g/mol. The van der Waals surface area contributed by atoms with Crippen molar-refractivity contribution in [3.05, 3.63) is 58.6 Å². The number of rotatable bonds is 8.